The number of nitrogens with one attached hydrogen (secondary N) is 2. The number of hydrogen-bond acceptors (Lipinski definition) is 9. The molecule has 2 fully saturated rings. The number of anilines is 1. The summed E-state index contributed by atoms with van der Waals surface area (Å²) in [5, 5.41) is 3.79. The second kappa shape index (κ2) is 11.0. The van der Waals surface area contributed by atoms with Crippen molar-refractivity contribution in [3.8, 4) is 6.01 Å². The summed E-state index contributed by atoms with van der Waals surface area (Å²) >= 11 is 0. The van der Waals surface area contributed by atoms with Crippen molar-refractivity contribution >= 4 is 32.6 Å². The minimum Gasteiger partial charge on any atom is -0.461 e. The lowest BCUT2D eigenvalue weighted by Gasteiger charge is -2.33. The lowest BCUT2D eigenvalue weighted by molar-refractivity contribution is 0.0644. The maximum absolute atomic E-state index is 12.8. The fourth-order valence-electron chi connectivity index (χ4n) is 4.87. The maximum atomic E-state index is 12.8. The molecule has 12 heteroatoms. The van der Waals surface area contributed by atoms with Crippen molar-refractivity contribution in [2.24, 2.45) is 0 Å². The standard InChI is InChI=1S/C25H32N6O5S/c1-37(33,34)13-9-27-24(32)21-14-22(30-25(29-21)36-16-18-4-3-12-35-18)31-10-6-17(7-11-31)20-15-28-23-19(20)5-2-8-26-23/h2,5,8,14-15,17-18H,3-4,6-7,9-13,16H2,1H3,(H,26,28)(H,27,32)/t18-/m1/s1. The number of nitrogens with zero attached hydrogens (tertiary/aromatic N) is 4. The number of aromatic nitrogens is 4. The lowest BCUT2D eigenvalue weighted by atomic mass is 9.89. The highest BCUT2D eigenvalue weighted by Gasteiger charge is 2.26. The van der Waals surface area contributed by atoms with Crippen LogP contribution in [0.25, 0.3) is 11.0 Å². The number of fused-ring (bicyclic) bond motifs is 1. The zero-order valence-electron chi connectivity index (χ0n) is 20.9. The lowest BCUT2D eigenvalue weighted by Crippen LogP contribution is -2.34. The first-order valence-corrected chi connectivity index (χ1v) is 14.7. The fraction of sp³-hybridized carbons (Fsp3) is 0.520. The number of piperidine rings is 1. The van der Waals surface area contributed by atoms with E-state index in [1.54, 1.807) is 12.3 Å². The van der Waals surface area contributed by atoms with Crippen LogP contribution in [0.15, 0.2) is 30.6 Å². The second-order valence-electron chi connectivity index (χ2n) is 9.63. The highest BCUT2D eigenvalue weighted by Crippen LogP contribution is 2.34. The monoisotopic (exact) mass is 528 g/mol. The second-order valence-corrected chi connectivity index (χ2v) is 11.9. The smallest absolute Gasteiger partial charge is 0.319 e. The molecule has 3 aromatic heterocycles. The van der Waals surface area contributed by atoms with Crippen molar-refractivity contribution in [1.29, 1.82) is 0 Å². The number of H-pyrrole nitrogens is 1. The predicted octanol–water partition coefficient (Wildman–Crippen LogP) is 2.07. The molecule has 0 spiro atoms. The first-order chi connectivity index (χ1) is 17.9. The van der Waals surface area contributed by atoms with Gasteiger partial charge >= 0.3 is 6.01 Å². The topological polar surface area (TPSA) is 139 Å². The molecule has 2 aliphatic heterocycles. The van der Waals surface area contributed by atoms with Gasteiger partial charge in [-0.25, -0.2) is 13.4 Å². The number of amides is 1. The van der Waals surface area contributed by atoms with Crippen molar-refractivity contribution in [3.05, 3.63) is 41.9 Å². The van der Waals surface area contributed by atoms with E-state index in [4.69, 9.17) is 9.47 Å². The third-order valence-electron chi connectivity index (χ3n) is 6.85. The molecule has 37 heavy (non-hydrogen) atoms. The number of carbonyl (C=O) groups excluding carboxylic acids is 1. The Kier molecular flexibility index (Phi) is 7.56. The zero-order chi connectivity index (χ0) is 25.8. The Bertz CT molecular complexity index is 1350. The Morgan fingerprint density at radius 3 is 2.86 bits per heavy atom. The first-order valence-electron chi connectivity index (χ1n) is 12.6. The summed E-state index contributed by atoms with van der Waals surface area (Å²) in [5.41, 5.74) is 2.32. The van der Waals surface area contributed by atoms with Gasteiger partial charge < -0.3 is 24.7 Å². The number of aromatic amines is 1. The molecule has 1 atom stereocenters. The van der Waals surface area contributed by atoms with Gasteiger partial charge in [0, 0.05) is 56.3 Å². The van der Waals surface area contributed by atoms with Crippen LogP contribution in [0.2, 0.25) is 0 Å². The van der Waals surface area contributed by atoms with E-state index in [1.807, 2.05) is 6.07 Å². The van der Waals surface area contributed by atoms with Gasteiger partial charge in [-0.15, -0.1) is 0 Å². The van der Waals surface area contributed by atoms with E-state index in [9.17, 15) is 13.2 Å². The van der Waals surface area contributed by atoms with Crippen LogP contribution in [0.3, 0.4) is 0 Å². The molecular formula is C25H32N6O5S. The maximum Gasteiger partial charge on any atom is 0.319 e. The number of sulfone groups is 1. The first kappa shape index (κ1) is 25.4. The summed E-state index contributed by atoms with van der Waals surface area (Å²) in [6, 6.07) is 5.81. The molecule has 2 N–H and O–H groups in total. The number of carbonyl (C=O) groups is 1. The van der Waals surface area contributed by atoms with Gasteiger partial charge in [0.25, 0.3) is 5.91 Å². The summed E-state index contributed by atoms with van der Waals surface area (Å²) < 4.78 is 34.3. The Morgan fingerprint density at radius 2 is 2.11 bits per heavy atom. The summed E-state index contributed by atoms with van der Waals surface area (Å²) in [4.78, 5) is 31.5. The minimum atomic E-state index is -3.19. The van der Waals surface area contributed by atoms with Crippen LogP contribution in [0.1, 0.15) is 47.7 Å². The molecule has 3 aromatic rings. The third kappa shape index (κ3) is 6.37. The van der Waals surface area contributed by atoms with Crippen LogP contribution in [-0.4, -0.2) is 85.2 Å². The Morgan fingerprint density at radius 1 is 1.27 bits per heavy atom. The molecule has 5 heterocycles. The summed E-state index contributed by atoms with van der Waals surface area (Å²) in [5.74, 6) is 0.403. The molecule has 11 nitrogen and oxygen atoms in total. The van der Waals surface area contributed by atoms with E-state index < -0.39 is 15.7 Å². The highest BCUT2D eigenvalue weighted by molar-refractivity contribution is 7.90. The molecule has 1 amide bonds. The molecule has 0 bridgehead atoms. The van der Waals surface area contributed by atoms with Crippen LogP contribution >= 0.6 is 0 Å². The number of pyridine rings is 1. The molecule has 198 valence electrons. The van der Waals surface area contributed by atoms with Crippen LogP contribution in [0, 0.1) is 0 Å². The summed E-state index contributed by atoms with van der Waals surface area (Å²) in [6.45, 7) is 2.55. The zero-order valence-corrected chi connectivity index (χ0v) is 21.7. The van der Waals surface area contributed by atoms with Gasteiger partial charge in [-0.05, 0) is 49.3 Å². The minimum absolute atomic E-state index is 0.00792. The molecule has 5 rings (SSSR count). The molecule has 0 aromatic carbocycles. The van der Waals surface area contributed by atoms with Gasteiger partial charge in [-0.1, -0.05) is 0 Å². The van der Waals surface area contributed by atoms with Crippen molar-refractivity contribution in [3.63, 3.8) is 0 Å². The van der Waals surface area contributed by atoms with Crippen LogP contribution in [0.4, 0.5) is 5.82 Å². The largest absolute Gasteiger partial charge is 0.461 e. The summed E-state index contributed by atoms with van der Waals surface area (Å²) in [7, 11) is -3.19. The average Bonchev–Trinajstić information content (AvgIpc) is 3.57. The Labute approximate surface area is 215 Å². The van der Waals surface area contributed by atoms with Gasteiger partial charge in [-0.3, -0.25) is 4.79 Å². The van der Waals surface area contributed by atoms with Gasteiger partial charge in [0.15, 0.2) is 0 Å². The van der Waals surface area contributed by atoms with E-state index in [0.29, 0.717) is 24.9 Å². The molecule has 0 saturated carbocycles. The van der Waals surface area contributed by atoms with E-state index in [-0.39, 0.29) is 30.1 Å². The van der Waals surface area contributed by atoms with Gasteiger partial charge in [-0.2, -0.15) is 9.97 Å². The molecule has 0 unspecified atom stereocenters. The normalized spacial score (nSPS) is 18.8. The van der Waals surface area contributed by atoms with E-state index in [1.165, 1.54) is 5.56 Å². The van der Waals surface area contributed by atoms with Crippen LogP contribution in [0.5, 0.6) is 6.01 Å². The SMILES string of the molecule is CS(=O)(=O)CCNC(=O)c1cc(N2CCC(c3c[nH]c4ncccc34)CC2)nc(OC[C@H]2CCCO2)n1. The van der Waals surface area contributed by atoms with Crippen molar-refractivity contribution in [2.75, 3.05) is 49.8 Å². The van der Waals surface area contributed by atoms with E-state index >= 15 is 0 Å². The van der Waals surface area contributed by atoms with Gasteiger partial charge in [0.05, 0.1) is 11.9 Å². The quantitative estimate of drug-likeness (QED) is 0.427. The highest BCUT2D eigenvalue weighted by atomic mass is 32.2. The van der Waals surface area contributed by atoms with Crippen molar-refractivity contribution in [2.45, 2.75) is 37.7 Å². The number of rotatable bonds is 9. The Hall–Kier alpha value is -3.25. The molecule has 2 aliphatic rings. The van der Waals surface area contributed by atoms with Crippen LogP contribution < -0.4 is 15.0 Å². The Balaban J connectivity index is 1.30. The van der Waals surface area contributed by atoms with Crippen LogP contribution in [-0.2, 0) is 14.6 Å². The van der Waals surface area contributed by atoms with Crippen molar-refractivity contribution in [1.82, 2.24) is 25.3 Å². The predicted molar refractivity (Wildman–Crippen MR) is 139 cm³/mol. The summed E-state index contributed by atoms with van der Waals surface area (Å²) in [6.07, 6.45) is 8.71. The third-order valence-corrected chi connectivity index (χ3v) is 7.79. The van der Waals surface area contributed by atoms with E-state index in [0.717, 1.165) is 56.1 Å². The van der Waals surface area contributed by atoms with Gasteiger partial charge in [0.1, 0.15) is 33.6 Å². The van der Waals surface area contributed by atoms with E-state index in [2.05, 4.69) is 42.4 Å². The average molecular weight is 529 g/mol. The van der Waals surface area contributed by atoms with Gasteiger partial charge in [0.2, 0.25) is 0 Å². The van der Waals surface area contributed by atoms with Crippen molar-refractivity contribution < 1.29 is 22.7 Å². The molecule has 0 radical (unpaired) electrons. The number of hydrogen-bond donors (Lipinski definition) is 2. The molecular weight excluding hydrogens is 496 g/mol. The molecule has 0 aliphatic carbocycles. The fourth-order valence-corrected chi connectivity index (χ4v) is 5.35. The molecule has 2 saturated heterocycles. The number of ether oxygens (including phenoxy) is 2.